The number of rotatable bonds is 9. The Hall–Kier alpha value is -2.72. The second kappa shape index (κ2) is 10.2. The van der Waals surface area contributed by atoms with Gasteiger partial charge in [-0.2, -0.15) is 0 Å². The maximum atomic E-state index is 12.9. The van der Waals surface area contributed by atoms with Gasteiger partial charge in [-0.3, -0.25) is 4.79 Å². The number of benzene rings is 2. The topological polar surface area (TPSA) is 34.5 Å². The Bertz CT molecular complexity index is 923. The van der Waals surface area contributed by atoms with Crippen LogP contribution in [0.2, 0.25) is 5.02 Å². The number of nitrogens with zero attached hydrogens (tertiary/aromatic N) is 2. The maximum Gasteiger partial charge on any atom is 0.261 e. The van der Waals surface area contributed by atoms with Crippen LogP contribution in [0.5, 0.6) is 5.75 Å². The van der Waals surface area contributed by atoms with Gasteiger partial charge in [-0.25, -0.2) is 0 Å². The van der Waals surface area contributed by atoms with E-state index in [9.17, 15) is 4.79 Å². The zero-order valence-electron chi connectivity index (χ0n) is 16.9. The van der Waals surface area contributed by atoms with E-state index in [0.29, 0.717) is 18.8 Å². The van der Waals surface area contributed by atoms with Gasteiger partial charge in [-0.05, 0) is 55.3 Å². The summed E-state index contributed by atoms with van der Waals surface area (Å²) in [4.78, 5) is 14.8. The van der Waals surface area contributed by atoms with Gasteiger partial charge in [-0.15, -0.1) is 0 Å². The van der Waals surface area contributed by atoms with Crippen molar-refractivity contribution in [2.45, 2.75) is 39.4 Å². The molecule has 0 bridgehead atoms. The summed E-state index contributed by atoms with van der Waals surface area (Å²) in [6.45, 7) is 5.45. The molecule has 0 N–H and O–H groups in total. The van der Waals surface area contributed by atoms with E-state index in [1.807, 2.05) is 65.7 Å². The van der Waals surface area contributed by atoms with E-state index >= 15 is 0 Å². The third-order valence-electron chi connectivity index (χ3n) is 5.05. The fourth-order valence-electron chi connectivity index (χ4n) is 3.21. The van der Waals surface area contributed by atoms with Gasteiger partial charge < -0.3 is 14.2 Å². The minimum absolute atomic E-state index is 0.0151. The average molecular weight is 411 g/mol. The normalized spacial score (nSPS) is 11.8. The minimum atomic E-state index is -0.0151. The van der Waals surface area contributed by atoms with Crippen molar-refractivity contribution < 1.29 is 9.53 Å². The van der Waals surface area contributed by atoms with Crippen LogP contribution >= 0.6 is 11.6 Å². The van der Waals surface area contributed by atoms with Crippen molar-refractivity contribution in [1.29, 1.82) is 0 Å². The first-order chi connectivity index (χ1) is 14.1. The smallest absolute Gasteiger partial charge is 0.261 e. The highest BCUT2D eigenvalue weighted by molar-refractivity contribution is 6.30. The molecule has 0 spiro atoms. The summed E-state index contributed by atoms with van der Waals surface area (Å²) < 4.78 is 7.85. The summed E-state index contributed by atoms with van der Waals surface area (Å²) >= 11 is 6.12. The number of halogens is 1. The standard InChI is InChI=1S/C24H27ClN2O2/c1-3-19(2)27(24(28)18-29-23-12-5-4-6-13-23)17-22-11-8-14-26(22)16-20-9-7-10-21(25)15-20/h4-15,19H,3,16-18H2,1-2H3/t19-/m1/s1. The fraction of sp³-hybridized carbons (Fsp3) is 0.292. The lowest BCUT2D eigenvalue weighted by atomic mass is 10.2. The number of carbonyl (C=O) groups excluding carboxylic acids is 1. The maximum absolute atomic E-state index is 12.9. The summed E-state index contributed by atoms with van der Waals surface area (Å²) in [6.07, 6.45) is 2.92. The number of hydrogen-bond donors (Lipinski definition) is 0. The van der Waals surface area contributed by atoms with Crippen LogP contribution in [0.1, 0.15) is 31.5 Å². The molecule has 0 aliphatic rings. The van der Waals surface area contributed by atoms with Gasteiger partial charge in [0.05, 0.1) is 6.54 Å². The largest absolute Gasteiger partial charge is 0.484 e. The zero-order chi connectivity index (χ0) is 20.6. The van der Waals surface area contributed by atoms with Crippen molar-refractivity contribution in [3.05, 3.63) is 89.2 Å². The number of carbonyl (C=O) groups is 1. The first-order valence-electron chi connectivity index (χ1n) is 9.92. The Kier molecular flexibility index (Phi) is 7.36. The van der Waals surface area contributed by atoms with Crippen molar-refractivity contribution in [2.24, 2.45) is 0 Å². The number of para-hydroxylation sites is 1. The third-order valence-corrected chi connectivity index (χ3v) is 5.28. The fourth-order valence-corrected chi connectivity index (χ4v) is 3.42. The molecular formula is C24H27ClN2O2. The molecule has 0 aliphatic carbocycles. The molecule has 0 fully saturated rings. The SMILES string of the molecule is CC[C@@H](C)N(Cc1cccn1Cc1cccc(Cl)c1)C(=O)COc1ccccc1. The molecule has 4 nitrogen and oxygen atoms in total. The van der Waals surface area contributed by atoms with Gasteiger partial charge in [0.2, 0.25) is 0 Å². The molecule has 5 heteroatoms. The summed E-state index contributed by atoms with van der Waals surface area (Å²) in [5, 5.41) is 0.727. The highest BCUT2D eigenvalue weighted by Gasteiger charge is 2.21. The highest BCUT2D eigenvalue weighted by Crippen LogP contribution is 2.17. The van der Waals surface area contributed by atoms with E-state index < -0.39 is 0 Å². The molecule has 152 valence electrons. The van der Waals surface area contributed by atoms with E-state index in [1.54, 1.807) is 0 Å². The first kappa shape index (κ1) is 21.0. The molecule has 1 heterocycles. The molecule has 0 saturated heterocycles. The Morgan fingerprint density at radius 3 is 2.62 bits per heavy atom. The van der Waals surface area contributed by atoms with Crippen molar-refractivity contribution in [2.75, 3.05) is 6.61 Å². The highest BCUT2D eigenvalue weighted by atomic mass is 35.5. The van der Waals surface area contributed by atoms with Crippen LogP contribution in [0.4, 0.5) is 0 Å². The zero-order valence-corrected chi connectivity index (χ0v) is 17.7. The molecule has 0 aliphatic heterocycles. The van der Waals surface area contributed by atoms with Gasteiger partial charge in [0.25, 0.3) is 5.91 Å². The summed E-state index contributed by atoms with van der Waals surface area (Å²) in [5.41, 5.74) is 2.21. The molecular weight excluding hydrogens is 384 g/mol. The van der Waals surface area contributed by atoms with Gasteiger partial charge in [0, 0.05) is 29.5 Å². The molecule has 29 heavy (non-hydrogen) atoms. The molecule has 1 atom stereocenters. The Balaban J connectivity index is 1.70. The van der Waals surface area contributed by atoms with Gasteiger partial charge in [0.15, 0.2) is 6.61 Å². The Labute approximate surface area is 177 Å². The summed E-state index contributed by atoms with van der Waals surface area (Å²) in [5.74, 6) is 0.688. The lowest BCUT2D eigenvalue weighted by Crippen LogP contribution is -2.41. The molecule has 1 aromatic heterocycles. The third kappa shape index (κ3) is 5.88. The van der Waals surface area contributed by atoms with E-state index in [0.717, 1.165) is 22.7 Å². The van der Waals surface area contributed by atoms with Crippen LogP contribution < -0.4 is 4.74 Å². The predicted molar refractivity (Wildman–Crippen MR) is 117 cm³/mol. The van der Waals surface area contributed by atoms with Crippen molar-refractivity contribution in [3.8, 4) is 5.75 Å². The predicted octanol–water partition coefficient (Wildman–Crippen LogP) is 5.40. The van der Waals surface area contributed by atoms with Crippen LogP contribution in [0, 0.1) is 0 Å². The number of amides is 1. The summed E-state index contributed by atoms with van der Waals surface area (Å²) in [7, 11) is 0. The quantitative estimate of drug-likeness (QED) is 0.473. The molecule has 3 aromatic rings. The average Bonchev–Trinajstić information content (AvgIpc) is 3.17. The second-order valence-electron chi connectivity index (χ2n) is 7.14. The monoisotopic (exact) mass is 410 g/mol. The first-order valence-corrected chi connectivity index (χ1v) is 10.3. The van der Waals surface area contributed by atoms with Crippen molar-refractivity contribution >= 4 is 17.5 Å². The number of aromatic nitrogens is 1. The number of ether oxygens (including phenoxy) is 1. The van der Waals surface area contributed by atoms with Crippen LogP contribution in [0.25, 0.3) is 0 Å². The van der Waals surface area contributed by atoms with Gasteiger partial charge in [0.1, 0.15) is 5.75 Å². The minimum Gasteiger partial charge on any atom is -0.484 e. The van der Waals surface area contributed by atoms with Gasteiger partial charge in [-0.1, -0.05) is 48.9 Å². The Morgan fingerprint density at radius 2 is 1.90 bits per heavy atom. The number of hydrogen-bond acceptors (Lipinski definition) is 2. The van der Waals surface area contributed by atoms with E-state index in [1.165, 1.54) is 0 Å². The lowest BCUT2D eigenvalue weighted by molar-refractivity contribution is -0.136. The van der Waals surface area contributed by atoms with Crippen LogP contribution in [-0.2, 0) is 17.9 Å². The molecule has 0 radical (unpaired) electrons. The molecule has 3 rings (SSSR count). The lowest BCUT2D eigenvalue weighted by Gasteiger charge is -2.29. The molecule has 1 amide bonds. The van der Waals surface area contributed by atoms with Crippen LogP contribution in [0.15, 0.2) is 72.9 Å². The summed E-state index contributed by atoms with van der Waals surface area (Å²) in [6, 6.07) is 21.5. The van der Waals surface area contributed by atoms with E-state index in [-0.39, 0.29) is 18.6 Å². The molecule has 2 aromatic carbocycles. The van der Waals surface area contributed by atoms with Crippen LogP contribution in [-0.4, -0.2) is 28.0 Å². The second-order valence-corrected chi connectivity index (χ2v) is 7.57. The van der Waals surface area contributed by atoms with Crippen LogP contribution in [0.3, 0.4) is 0 Å². The van der Waals surface area contributed by atoms with Crippen molar-refractivity contribution in [1.82, 2.24) is 9.47 Å². The van der Waals surface area contributed by atoms with Crippen molar-refractivity contribution in [3.63, 3.8) is 0 Å². The van der Waals surface area contributed by atoms with Gasteiger partial charge >= 0.3 is 0 Å². The van der Waals surface area contributed by atoms with E-state index in [2.05, 4.69) is 30.5 Å². The Morgan fingerprint density at radius 1 is 1.10 bits per heavy atom. The van der Waals surface area contributed by atoms with E-state index in [4.69, 9.17) is 16.3 Å². The molecule has 0 saturated carbocycles. The molecule has 0 unspecified atom stereocenters.